The molecule has 1 aromatic rings. The second-order valence-electron chi connectivity index (χ2n) is 6.30. The van der Waals surface area contributed by atoms with Gasteiger partial charge in [0, 0.05) is 12.0 Å². The molecule has 0 N–H and O–H groups in total. The van der Waals surface area contributed by atoms with Crippen molar-refractivity contribution in [3.8, 4) is 5.75 Å². The van der Waals surface area contributed by atoms with E-state index in [-0.39, 0.29) is 5.97 Å². The first-order chi connectivity index (χ1) is 10.8. The molecule has 3 rings (SSSR count). The van der Waals surface area contributed by atoms with Crippen molar-refractivity contribution in [2.75, 3.05) is 26.8 Å². The fourth-order valence-corrected chi connectivity index (χ4v) is 3.85. The molecule has 120 valence electrons. The Morgan fingerprint density at radius 3 is 2.86 bits per heavy atom. The van der Waals surface area contributed by atoms with Gasteiger partial charge in [-0.25, -0.2) is 4.79 Å². The molecule has 2 unspecified atom stereocenters. The number of fused-ring (bicyclic) bond motifs is 1. The summed E-state index contributed by atoms with van der Waals surface area (Å²) in [6, 6.07) is 7.85. The fourth-order valence-electron chi connectivity index (χ4n) is 3.85. The van der Waals surface area contributed by atoms with Crippen LogP contribution < -0.4 is 4.74 Å². The van der Waals surface area contributed by atoms with Crippen molar-refractivity contribution >= 4 is 5.97 Å². The van der Waals surface area contributed by atoms with Crippen LogP contribution in [0.4, 0.5) is 0 Å². The lowest BCUT2D eigenvalue weighted by Gasteiger charge is -2.44. The molecule has 22 heavy (non-hydrogen) atoms. The highest BCUT2D eigenvalue weighted by atomic mass is 16.5. The number of ether oxygens (including phenoxy) is 2. The highest BCUT2D eigenvalue weighted by Crippen LogP contribution is 2.31. The SMILES string of the molecule is COc1ccccc1C(=O)OCC1CCCN2CCCCC12. The van der Waals surface area contributed by atoms with Gasteiger partial charge in [-0.3, -0.25) is 4.90 Å². The molecule has 0 aromatic heterocycles. The zero-order valence-corrected chi connectivity index (χ0v) is 13.3. The van der Waals surface area contributed by atoms with Crippen LogP contribution in [0.1, 0.15) is 42.5 Å². The van der Waals surface area contributed by atoms with Gasteiger partial charge in [0.2, 0.25) is 0 Å². The van der Waals surface area contributed by atoms with Crippen LogP contribution in [0.3, 0.4) is 0 Å². The van der Waals surface area contributed by atoms with Gasteiger partial charge in [0.05, 0.1) is 13.7 Å². The van der Waals surface area contributed by atoms with Gasteiger partial charge in [0.25, 0.3) is 0 Å². The number of methoxy groups -OCH3 is 1. The lowest BCUT2D eigenvalue weighted by Crippen LogP contribution is -2.49. The highest BCUT2D eigenvalue weighted by molar-refractivity contribution is 5.92. The number of carbonyl (C=O) groups is 1. The summed E-state index contributed by atoms with van der Waals surface area (Å²) < 4.78 is 10.8. The smallest absolute Gasteiger partial charge is 0.341 e. The lowest BCUT2D eigenvalue weighted by molar-refractivity contribution is 0.00722. The van der Waals surface area contributed by atoms with E-state index >= 15 is 0 Å². The van der Waals surface area contributed by atoms with Gasteiger partial charge < -0.3 is 9.47 Å². The summed E-state index contributed by atoms with van der Waals surface area (Å²) in [6.07, 6.45) is 6.24. The largest absolute Gasteiger partial charge is 0.496 e. The standard InChI is InChI=1S/C18H25NO3/c1-21-17-10-3-2-8-15(17)18(20)22-13-14-7-6-12-19-11-5-4-9-16(14)19/h2-3,8,10,14,16H,4-7,9,11-13H2,1H3. The van der Waals surface area contributed by atoms with Gasteiger partial charge in [-0.1, -0.05) is 18.6 Å². The number of rotatable bonds is 4. The van der Waals surface area contributed by atoms with E-state index in [0.29, 0.717) is 29.9 Å². The van der Waals surface area contributed by atoms with E-state index in [9.17, 15) is 4.79 Å². The van der Waals surface area contributed by atoms with Crippen molar-refractivity contribution in [3.05, 3.63) is 29.8 Å². The first-order valence-electron chi connectivity index (χ1n) is 8.34. The lowest BCUT2D eigenvalue weighted by atomic mass is 9.84. The van der Waals surface area contributed by atoms with Gasteiger partial charge in [-0.15, -0.1) is 0 Å². The third-order valence-electron chi connectivity index (χ3n) is 4.98. The number of para-hydroxylation sites is 1. The van der Waals surface area contributed by atoms with Crippen molar-refractivity contribution in [3.63, 3.8) is 0 Å². The predicted molar refractivity (Wildman–Crippen MR) is 85.2 cm³/mol. The maximum Gasteiger partial charge on any atom is 0.341 e. The molecular weight excluding hydrogens is 278 g/mol. The zero-order chi connectivity index (χ0) is 15.4. The first-order valence-corrected chi connectivity index (χ1v) is 8.34. The molecule has 0 bridgehead atoms. The minimum atomic E-state index is -0.273. The number of esters is 1. The van der Waals surface area contributed by atoms with E-state index in [2.05, 4.69) is 4.90 Å². The summed E-state index contributed by atoms with van der Waals surface area (Å²) in [6.45, 7) is 2.95. The minimum absolute atomic E-state index is 0.273. The Bertz CT molecular complexity index is 515. The molecule has 4 heteroatoms. The van der Waals surface area contributed by atoms with Crippen molar-refractivity contribution in [2.45, 2.75) is 38.1 Å². The number of hydrogen-bond acceptors (Lipinski definition) is 4. The Kier molecular flexibility index (Phi) is 4.98. The van der Waals surface area contributed by atoms with Crippen LogP contribution in [0.5, 0.6) is 5.75 Å². The summed E-state index contributed by atoms with van der Waals surface area (Å²) >= 11 is 0. The van der Waals surface area contributed by atoms with Crippen molar-refractivity contribution in [1.82, 2.24) is 4.90 Å². The van der Waals surface area contributed by atoms with Crippen LogP contribution in [0, 0.1) is 5.92 Å². The molecule has 1 aromatic carbocycles. The summed E-state index contributed by atoms with van der Waals surface area (Å²) in [5, 5.41) is 0. The van der Waals surface area contributed by atoms with E-state index in [0.717, 1.165) is 0 Å². The predicted octanol–water partition coefficient (Wildman–Crippen LogP) is 3.12. The van der Waals surface area contributed by atoms with Crippen LogP contribution in [0.2, 0.25) is 0 Å². The topological polar surface area (TPSA) is 38.8 Å². The third-order valence-corrected chi connectivity index (χ3v) is 4.98. The molecular formula is C18H25NO3. The molecule has 0 saturated carbocycles. The Hall–Kier alpha value is -1.55. The second-order valence-corrected chi connectivity index (χ2v) is 6.30. The van der Waals surface area contributed by atoms with Gasteiger partial charge in [-0.2, -0.15) is 0 Å². The van der Waals surface area contributed by atoms with Gasteiger partial charge in [0.15, 0.2) is 0 Å². The van der Waals surface area contributed by atoms with Gasteiger partial charge >= 0.3 is 5.97 Å². The molecule has 0 aliphatic carbocycles. The van der Waals surface area contributed by atoms with Crippen molar-refractivity contribution < 1.29 is 14.3 Å². The van der Waals surface area contributed by atoms with Crippen LogP contribution in [-0.4, -0.2) is 43.7 Å². The van der Waals surface area contributed by atoms with Crippen LogP contribution in [-0.2, 0) is 4.74 Å². The fraction of sp³-hybridized carbons (Fsp3) is 0.611. The van der Waals surface area contributed by atoms with Gasteiger partial charge in [0.1, 0.15) is 11.3 Å². The molecule has 2 aliphatic heterocycles. The molecule has 0 spiro atoms. The summed E-state index contributed by atoms with van der Waals surface area (Å²) in [4.78, 5) is 14.9. The molecule has 2 aliphatic rings. The zero-order valence-electron chi connectivity index (χ0n) is 13.3. The number of hydrogen-bond donors (Lipinski definition) is 0. The van der Waals surface area contributed by atoms with E-state index in [1.54, 1.807) is 19.2 Å². The number of carbonyl (C=O) groups excluding carboxylic acids is 1. The summed E-state index contributed by atoms with van der Waals surface area (Å²) in [7, 11) is 1.58. The normalized spacial score (nSPS) is 25.3. The molecule has 0 radical (unpaired) electrons. The molecule has 2 fully saturated rings. The Balaban J connectivity index is 1.60. The summed E-state index contributed by atoms with van der Waals surface area (Å²) in [5.74, 6) is 0.786. The molecule has 2 atom stereocenters. The van der Waals surface area contributed by atoms with E-state index in [4.69, 9.17) is 9.47 Å². The molecule has 2 saturated heterocycles. The second kappa shape index (κ2) is 7.14. The molecule has 4 nitrogen and oxygen atoms in total. The van der Waals surface area contributed by atoms with Crippen molar-refractivity contribution in [1.29, 1.82) is 0 Å². The number of benzene rings is 1. The van der Waals surface area contributed by atoms with Gasteiger partial charge in [-0.05, 0) is 50.9 Å². The maximum absolute atomic E-state index is 12.3. The monoisotopic (exact) mass is 303 g/mol. The number of nitrogens with zero attached hydrogens (tertiary/aromatic N) is 1. The molecule has 0 amide bonds. The quantitative estimate of drug-likeness (QED) is 0.801. The minimum Gasteiger partial charge on any atom is -0.496 e. The third kappa shape index (κ3) is 3.27. The number of piperidine rings is 2. The summed E-state index contributed by atoms with van der Waals surface area (Å²) in [5.41, 5.74) is 0.515. The van der Waals surface area contributed by atoms with Crippen LogP contribution in [0.25, 0.3) is 0 Å². The van der Waals surface area contributed by atoms with E-state index in [1.165, 1.54) is 45.2 Å². The Morgan fingerprint density at radius 1 is 1.18 bits per heavy atom. The average Bonchev–Trinajstić information content (AvgIpc) is 2.59. The maximum atomic E-state index is 12.3. The molecule has 2 heterocycles. The average molecular weight is 303 g/mol. The van der Waals surface area contributed by atoms with Crippen molar-refractivity contribution in [2.24, 2.45) is 5.92 Å². The first kappa shape index (κ1) is 15.3. The van der Waals surface area contributed by atoms with E-state index < -0.39 is 0 Å². The van der Waals surface area contributed by atoms with Crippen LogP contribution >= 0.6 is 0 Å². The highest BCUT2D eigenvalue weighted by Gasteiger charge is 2.33. The van der Waals surface area contributed by atoms with E-state index in [1.807, 2.05) is 12.1 Å². The Labute approximate surface area is 132 Å². The Morgan fingerprint density at radius 2 is 2.00 bits per heavy atom. The van der Waals surface area contributed by atoms with Crippen LogP contribution in [0.15, 0.2) is 24.3 Å².